The lowest BCUT2D eigenvalue weighted by atomic mass is 10.2. The van der Waals surface area contributed by atoms with Crippen molar-refractivity contribution < 1.29 is 19.1 Å². The van der Waals surface area contributed by atoms with Gasteiger partial charge in [-0.2, -0.15) is 0 Å². The zero-order valence-corrected chi connectivity index (χ0v) is 19.9. The highest BCUT2D eigenvalue weighted by Crippen LogP contribution is 2.21. The number of pyridine rings is 1. The van der Waals surface area contributed by atoms with Crippen molar-refractivity contribution in [3.63, 3.8) is 0 Å². The third-order valence-electron chi connectivity index (χ3n) is 6.49. The maximum absolute atomic E-state index is 13.2. The number of fused-ring (bicyclic) bond motifs is 5. The lowest BCUT2D eigenvalue weighted by Gasteiger charge is -2.20. The number of rotatable bonds is 3. The smallest absolute Gasteiger partial charge is 0.274 e. The van der Waals surface area contributed by atoms with E-state index in [9.17, 15) is 9.59 Å². The second-order valence-electron chi connectivity index (χ2n) is 8.95. The number of nitrogens with zero attached hydrogens (tertiary/aromatic N) is 8. The number of carbonyl (C=O) groups excluding carboxylic acids is 2. The number of hydrogen-bond acceptors (Lipinski definition) is 9. The number of nitrogens with one attached hydrogen (secondary N) is 1. The Labute approximate surface area is 211 Å². The fraction of sp³-hybridized carbons (Fsp3) is 0.375. The number of likely N-dealkylation sites (tertiary alicyclic amines) is 1. The maximum Gasteiger partial charge on any atom is 0.274 e. The van der Waals surface area contributed by atoms with Gasteiger partial charge in [0, 0.05) is 25.7 Å². The van der Waals surface area contributed by atoms with Crippen LogP contribution in [0, 0.1) is 0 Å². The highest BCUT2D eigenvalue weighted by molar-refractivity contribution is 5.95. The molecule has 2 aliphatic heterocycles. The minimum absolute atomic E-state index is 0.0596. The summed E-state index contributed by atoms with van der Waals surface area (Å²) in [4.78, 5) is 32.2. The normalized spacial score (nSPS) is 20.0. The van der Waals surface area contributed by atoms with Gasteiger partial charge >= 0.3 is 0 Å². The Bertz CT molecular complexity index is 1430. The van der Waals surface area contributed by atoms with Crippen molar-refractivity contribution in [3.8, 4) is 5.75 Å². The van der Waals surface area contributed by atoms with E-state index in [2.05, 4.69) is 30.9 Å². The monoisotopic (exact) mass is 503 g/mol. The second kappa shape index (κ2) is 9.93. The summed E-state index contributed by atoms with van der Waals surface area (Å²) in [7, 11) is 0. The highest BCUT2D eigenvalue weighted by Gasteiger charge is 2.37. The molecule has 0 unspecified atom stereocenters. The summed E-state index contributed by atoms with van der Waals surface area (Å²) in [6.07, 6.45) is 3.16. The highest BCUT2D eigenvalue weighted by atomic mass is 16.5. The van der Waals surface area contributed by atoms with Crippen LogP contribution in [0.2, 0.25) is 0 Å². The van der Waals surface area contributed by atoms with Crippen LogP contribution < -0.4 is 10.1 Å². The van der Waals surface area contributed by atoms with Gasteiger partial charge < -0.3 is 19.7 Å². The number of amides is 2. The van der Waals surface area contributed by atoms with Crippen molar-refractivity contribution in [1.82, 2.24) is 45.2 Å². The molecule has 190 valence electrons. The van der Waals surface area contributed by atoms with E-state index in [1.54, 1.807) is 38.8 Å². The van der Waals surface area contributed by atoms with Crippen LogP contribution in [-0.2, 0) is 29.2 Å². The van der Waals surface area contributed by atoms with Crippen LogP contribution in [0.15, 0.2) is 48.8 Å². The topological polar surface area (TPSA) is 142 Å². The Hall–Kier alpha value is -4.39. The molecule has 13 nitrogen and oxygen atoms in total. The van der Waals surface area contributed by atoms with E-state index in [-0.39, 0.29) is 30.5 Å². The van der Waals surface area contributed by atoms with E-state index >= 15 is 0 Å². The number of hydrogen-bond donors (Lipinski definition) is 1. The van der Waals surface area contributed by atoms with E-state index in [1.807, 2.05) is 24.3 Å². The number of aryl methyl sites for hydroxylation is 1. The Morgan fingerprint density at radius 2 is 2.03 bits per heavy atom. The lowest BCUT2D eigenvalue weighted by molar-refractivity contribution is -0.131. The molecular weight excluding hydrogens is 478 g/mol. The molecule has 1 aromatic carbocycles. The summed E-state index contributed by atoms with van der Waals surface area (Å²) in [5.74, 6) is -0.0667. The summed E-state index contributed by atoms with van der Waals surface area (Å²) >= 11 is 0. The van der Waals surface area contributed by atoms with E-state index < -0.39 is 12.1 Å². The fourth-order valence-corrected chi connectivity index (χ4v) is 4.60. The summed E-state index contributed by atoms with van der Waals surface area (Å²) < 4.78 is 15.3. The van der Waals surface area contributed by atoms with Crippen molar-refractivity contribution in [2.45, 2.75) is 38.3 Å². The van der Waals surface area contributed by atoms with Crippen LogP contribution in [0.25, 0.3) is 11.0 Å². The van der Waals surface area contributed by atoms with Crippen LogP contribution in [0.4, 0.5) is 0 Å². The molecule has 37 heavy (non-hydrogen) atoms. The molecule has 5 heterocycles. The van der Waals surface area contributed by atoms with Crippen molar-refractivity contribution in [1.29, 1.82) is 0 Å². The van der Waals surface area contributed by atoms with Gasteiger partial charge in [-0.3, -0.25) is 9.59 Å². The zero-order valence-electron chi connectivity index (χ0n) is 19.9. The molecule has 2 aliphatic rings. The number of ether oxygens (including phenoxy) is 2. The van der Waals surface area contributed by atoms with Crippen LogP contribution in [0.3, 0.4) is 0 Å². The third kappa shape index (κ3) is 4.85. The molecule has 4 aromatic rings. The van der Waals surface area contributed by atoms with Gasteiger partial charge in [0.25, 0.3) is 5.91 Å². The van der Waals surface area contributed by atoms with Crippen molar-refractivity contribution in [2.75, 3.05) is 19.7 Å². The standard InChI is InChI=1S/C24H25N9O4/c34-22(7-9-33-19-5-2-1-4-17(19)28-30-33)31-13-18-21(14-31)37-15-16-12-32(29-27-16)10-11-36-20-6-3-8-25-23(20)24(35)26-18/h1-6,8,12,18,21H,7,9-11,13-15H2,(H,26,35)/t18-,21-/m0/s1. The van der Waals surface area contributed by atoms with Crippen molar-refractivity contribution in [2.24, 2.45) is 0 Å². The zero-order chi connectivity index (χ0) is 25.2. The summed E-state index contributed by atoms with van der Waals surface area (Å²) in [5, 5.41) is 19.6. The number of aromatic nitrogens is 7. The first-order valence-electron chi connectivity index (χ1n) is 12.1. The van der Waals surface area contributed by atoms with E-state index in [0.717, 1.165) is 11.0 Å². The average molecular weight is 504 g/mol. The van der Waals surface area contributed by atoms with Gasteiger partial charge in [0.15, 0.2) is 11.4 Å². The minimum atomic E-state index is -0.434. The summed E-state index contributed by atoms with van der Waals surface area (Å²) in [5.41, 5.74) is 2.50. The molecule has 0 radical (unpaired) electrons. The first-order valence-corrected chi connectivity index (χ1v) is 12.1. The first-order chi connectivity index (χ1) is 18.1. The van der Waals surface area contributed by atoms with Gasteiger partial charge in [-0.05, 0) is 24.3 Å². The van der Waals surface area contributed by atoms with Gasteiger partial charge in [0.1, 0.15) is 17.8 Å². The molecule has 1 saturated heterocycles. The number of para-hydroxylation sites is 1. The number of benzene rings is 1. The van der Waals surface area contributed by atoms with Crippen LogP contribution >= 0.6 is 0 Å². The molecule has 13 heteroatoms. The predicted molar refractivity (Wildman–Crippen MR) is 128 cm³/mol. The SMILES string of the molecule is O=C1N[C@H]2CN(C(=O)CCn3nnc4ccccc43)C[C@@H]2OCc2cn(nn2)CCOc2cccnc21. The molecule has 0 aliphatic carbocycles. The Kier molecular flexibility index (Phi) is 6.18. The number of carbonyl (C=O) groups is 2. The molecular formula is C24H25N9O4. The van der Waals surface area contributed by atoms with Gasteiger partial charge in [0.05, 0.1) is 43.6 Å². The quantitative estimate of drug-likeness (QED) is 0.421. The molecule has 1 N–H and O–H groups in total. The lowest BCUT2D eigenvalue weighted by Crippen LogP contribution is -2.44. The Balaban J connectivity index is 1.19. The van der Waals surface area contributed by atoms with Crippen molar-refractivity contribution in [3.05, 3.63) is 60.2 Å². The van der Waals surface area contributed by atoms with Crippen LogP contribution in [0.5, 0.6) is 5.75 Å². The van der Waals surface area contributed by atoms with E-state index in [4.69, 9.17) is 9.47 Å². The molecule has 2 atom stereocenters. The maximum atomic E-state index is 13.2. The molecule has 0 spiro atoms. The first kappa shape index (κ1) is 23.0. The average Bonchev–Trinajstić information content (AvgIpc) is 3.65. The van der Waals surface area contributed by atoms with Gasteiger partial charge in [-0.15, -0.1) is 10.2 Å². The summed E-state index contributed by atoms with van der Waals surface area (Å²) in [6.45, 7) is 2.00. The van der Waals surface area contributed by atoms with Gasteiger partial charge in [0.2, 0.25) is 5.91 Å². The van der Waals surface area contributed by atoms with Crippen LogP contribution in [0.1, 0.15) is 22.6 Å². The molecule has 0 saturated carbocycles. The van der Waals surface area contributed by atoms with Gasteiger partial charge in [-0.1, -0.05) is 22.6 Å². The van der Waals surface area contributed by atoms with E-state index in [0.29, 0.717) is 44.2 Å². The summed E-state index contributed by atoms with van der Waals surface area (Å²) in [6, 6.07) is 10.6. The van der Waals surface area contributed by atoms with Gasteiger partial charge in [-0.25, -0.2) is 14.3 Å². The van der Waals surface area contributed by atoms with Crippen molar-refractivity contribution >= 4 is 22.8 Å². The largest absolute Gasteiger partial charge is 0.489 e. The Morgan fingerprint density at radius 1 is 1.11 bits per heavy atom. The molecule has 1 fully saturated rings. The Morgan fingerprint density at radius 3 is 2.97 bits per heavy atom. The molecule has 6 rings (SSSR count). The van der Waals surface area contributed by atoms with E-state index in [1.165, 1.54) is 0 Å². The molecule has 2 amide bonds. The predicted octanol–water partition coefficient (Wildman–Crippen LogP) is 0.427. The van der Waals surface area contributed by atoms with Crippen LogP contribution in [-0.4, -0.2) is 83.5 Å². The molecule has 3 aromatic heterocycles. The minimum Gasteiger partial charge on any atom is -0.489 e. The second-order valence-corrected chi connectivity index (χ2v) is 8.95. The molecule has 2 bridgehead atoms. The fourth-order valence-electron chi connectivity index (χ4n) is 4.60. The third-order valence-corrected chi connectivity index (χ3v) is 6.49.